The Balaban J connectivity index is 1.29. The van der Waals surface area contributed by atoms with Gasteiger partial charge < -0.3 is 4.57 Å². The number of hydrogen-bond donors (Lipinski definition) is 0. The summed E-state index contributed by atoms with van der Waals surface area (Å²) in [6.07, 6.45) is 0. The van der Waals surface area contributed by atoms with Gasteiger partial charge in [-0.15, -0.1) is 0 Å². The maximum absolute atomic E-state index is 10.9. The number of hydrogen-bond acceptors (Lipinski definition) is 4. The molecule has 0 radical (unpaired) electrons. The largest absolute Gasteiger partial charge is 0.308 e. The number of aryl methyl sites for hydroxylation is 4. The van der Waals surface area contributed by atoms with Gasteiger partial charge in [0.25, 0.3) is 0 Å². The molecule has 11 rings (SSSR count). The van der Waals surface area contributed by atoms with Gasteiger partial charge in [-0.05, 0) is 116 Å². The summed E-state index contributed by atoms with van der Waals surface area (Å²) in [6.45, 7) is 8.61. The van der Waals surface area contributed by atoms with Crippen molar-refractivity contribution in [3.8, 4) is 96.2 Å². The zero-order valence-corrected chi connectivity index (χ0v) is 38.8. The lowest BCUT2D eigenvalue weighted by Crippen LogP contribution is -2.04. The molecule has 0 fully saturated rings. The van der Waals surface area contributed by atoms with Gasteiger partial charge in [-0.3, -0.25) is 0 Å². The summed E-state index contributed by atoms with van der Waals surface area (Å²) in [7, 11) is 0. The van der Waals surface area contributed by atoms with Crippen LogP contribution in [0, 0.1) is 50.4 Å². The van der Waals surface area contributed by atoms with Crippen molar-refractivity contribution in [2.75, 3.05) is 0 Å². The van der Waals surface area contributed by atoms with Crippen LogP contribution in [0.25, 0.3) is 106 Å². The average Bonchev–Trinajstić information content (AvgIpc) is 3.71. The molecule has 0 amide bonds. The molecule has 0 aliphatic rings. The Morgan fingerprint density at radius 3 is 1.23 bits per heavy atom. The van der Waals surface area contributed by atoms with Crippen LogP contribution in [0.1, 0.15) is 33.4 Å². The predicted molar refractivity (Wildman–Crippen MR) is 283 cm³/mol. The van der Waals surface area contributed by atoms with E-state index in [0.29, 0.717) is 17.0 Å². The highest BCUT2D eigenvalue weighted by atomic mass is 15.0. The minimum absolute atomic E-state index is 0.520. The van der Waals surface area contributed by atoms with Crippen LogP contribution in [0.3, 0.4) is 0 Å². The van der Waals surface area contributed by atoms with E-state index in [1.165, 1.54) is 33.4 Å². The van der Waals surface area contributed by atoms with Gasteiger partial charge in [0, 0.05) is 49.7 Å². The molecule has 9 aromatic carbocycles. The zero-order valence-electron chi connectivity index (χ0n) is 38.8. The number of fused-ring (bicyclic) bond motifs is 3. The molecule has 326 valence electrons. The number of nitriles is 2. The highest BCUT2D eigenvalue weighted by Crippen LogP contribution is 2.46. The van der Waals surface area contributed by atoms with Crippen LogP contribution < -0.4 is 0 Å². The molecular formula is C64H45N5. The molecule has 0 spiro atoms. The van der Waals surface area contributed by atoms with E-state index >= 15 is 0 Å². The summed E-state index contributed by atoms with van der Waals surface area (Å²) in [5.41, 5.74) is 20.7. The first-order valence-electron chi connectivity index (χ1n) is 23.2. The van der Waals surface area contributed by atoms with Gasteiger partial charge in [-0.1, -0.05) is 157 Å². The molecule has 2 aromatic heterocycles. The van der Waals surface area contributed by atoms with Crippen molar-refractivity contribution in [2.24, 2.45) is 0 Å². The fourth-order valence-corrected chi connectivity index (χ4v) is 10.0. The van der Waals surface area contributed by atoms with Gasteiger partial charge in [0.05, 0.1) is 51.4 Å². The van der Waals surface area contributed by atoms with Gasteiger partial charge in [0.1, 0.15) is 0 Å². The Kier molecular flexibility index (Phi) is 10.8. The van der Waals surface area contributed by atoms with E-state index in [2.05, 4.69) is 154 Å². The van der Waals surface area contributed by atoms with Gasteiger partial charge in [-0.25, -0.2) is 9.97 Å². The first-order chi connectivity index (χ1) is 33.8. The van der Waals surface area contributed by atoms with Crippen LogP contribution >= 0.6 is 0 Å². The molecule has 0 saturated heterocycles. The van der Waals surface area contributed by atoms with Crippen LogP contribution in [0.4, 0.5) is 0 Å². The molecule has 5 nitrogen and oxygen atoms in total. The number of aromatic nitrogens is 3. The highest BCUT2D eigenvalue weighted by Gasteiger charge is 2.26. The van der Waals surface area contributed by atoms with E-state index < -0.39 is 0 Å². The van der Waals surface area contributed by atoms with Gasteiger partial charge in [-0.2, -0.15) is 10.5 Å². The predicted octanol–water partition coefficient (Wildman–Crippen LogP) is 16.2. The Morgan fingerprint density at radius 1 is 0.362 bits per heavy atom. The molecule has 69 heavy (non-hydrogen) atoms. The third-order valence-corrected chi connectivity index (χ3v) is 13.3. The Bertz CT molecular complexity index is 3660. The molecule has 0 aliphatic heterocycles. The molecule has 0 unspecified atom stereocenters. The lowest BCUT2D eigenvalue weighted by Gasteiger charge is -2.22. The molecule has 11 aromatic rings. The van der Waals surface area contributed by atoms with Gasteiger partial charge >= 0.3 is 0 Å². The summed E-state index contributed by atoms with van der Waals surface area (Å²) in [5.74, 6) is 0.520. The second-order valence-corrected chi connectivity index (χ2v) is 17.9. The molecule has 2 heterocycles. The van der Waals surface area contributed by atoms with Crippen LogP contribution in [0.5, 0.6) is 0 Å². The van der Waals surface area contributed by atoms with Crippen molar-refractivity contribution in [3.05, 3.63) is 234 Å². The molecule has 0 saturated carbocycles. The van der Waals surface area contributed by atoms with Crippen molar-refractivity contribution in [3.63, 3.8) is 0 Å². The first-order valence-corrected chi connectivity index (χ1v) is 23.2. The summed E-state index contributed by atoms with van der Waals surface area (Å²) < 4.78 is 2.34. The lowest BCUT2D eigenvalue weighted by molar-refractivity contribution is 1.16. The SMILES string of the molecule is Cc1ccc(-c2ccc3c(c2)c2cc(-c4ccc(C)cc4C)ccc2n3-c2c(-c3ccccc3C#N)cc(-c3nc(-c4ccccc4)cc(-c4ccccc4)n3)cc2-c2ccccc2C#N)c(C)c1. The minimum Gasteiger partial charge on any atom is -0.308 e. The van der Waals surface area contributed by atoms with E-state index in [1.54, 1.807) is 0 Å². The standard InChI is InChI=1S/C64H45N5/c1-40-23-27-51(42(3)31-40)46-25-29-61-55(33-46)56-34-47(52-28-24-41(2)32-43(52)4)26-30-62(56)69(61)63-57(53-21-13-11-19-48(53)38-65)35-50(36-58(63)54-22-14-12-20-49(54)39-66)64-67-59(44-15-7-5-8-16-44)37-60(68-64)45-17-9-6-10-18-45/h5-37H,1-4H3. The zero-order chi connectivity index (χ0) is 47.2. The van der Waals surface area contributed by atoms with Gasteiger partial charge in [0.15, 0.2) is 5.82 Å². The van der Waals surface area contributed by atoms with Crippen molar-refractivity contribution < 1.29 is 0 Å². The summed E-state index contributed by atoms with van der Waals surface area (Å²) in [4.78, 5) is 10.6. The van der Waals surface area contributed by atoms with Crippen LogP contribution in [0.2, 0.25) is 0 Å². The van der Waals surface area contributed by atoms with Crippen molar-refractivity contribution in [1.82, 2.24) is 14.5 Å². The van der Waals surface area contributed by atoms with E-state index in [9.17, 15) is 10.5 Å². The molecule has 5 heteroatoms. The normalized spacial score (nSPS) is 11.2. The minimum atomic E-state index is 0.520. The van der Waals surface area contributed by atoms with E-state index in [0.717, 1.165) is 89.0 Å². The first kappa shape index (κ1) is 42.5. The quantitative estimate of drug-likeness (QED) is 0.152. The second kappa shape index (κ2) is 17.6. The summed E-state index contributed by atoms with van der Waals surface area (Å²) in [5, 5.41) is 23.9. The lowest BCUT2D eigenvalue weighted by atomic mass is 9.89. The van der Waals surface area contributed by atoms with E-state index in [-0.39, 0.29) is 0 Å². The molecule has 0 bridgehead atoms. The fourth-order valence-electron chi connectivity index (χ4n) is 10.0. The third-order valence-electron chi connectivity index (χ3n) is 13.3. The number of nitrogens with zero attached hydrogens (tertiary/aromatic N) is 5. The smallest absolute Gasteiger partial charge is 0.160 e. The fraction of sp³-hybridized carbons (Fsp3) is 0.0625. The van der Waals surface area contributed by atoms with Crippen molar-refractivity contribution in [2.45, 2.75) is 27.7 Å². The second-order valence-electron chi connectivity index (χ2n) is 17.9. The average molecular weight is 884 g/mol. The molecular weight excluding hydrogens is 839 g/mol. The van der Waals surface area contributed by atoms with Crippen LogP contribution in [-0.2, 0) is 0 Å². The third kappa shape index (κ3) is 7.73. The van der Waals surface area contributed by atoms with E-state index in [4.69, 9.17) is 9.97 Å². The van der Waals surface area contributed by atoms with Gasteiger partial charge in [0.2, 0.25) is 0 Å². The summed E-state index contributed by atoms with van der Waals surface area (Å²) >= 11 is 0. The topological polar surface area (TPSA) is 78.3 Å². The summed E-state index contributed by atoms with van der Waals surface area (Å²) in [6, 6.07) is 74.0. The van der Waals surface area contributed by atoms with Crippen molar-refractivity contribution >= 4 is 21.8 Å². The Hall–Kier alpha value is -9.16. The number of benzene rings is 9. The molecule has 0 N–H and O–H groups in total. The Morgan fingerprint density at radius 2 is 0.797 bits per heavy atom. The maximum Gasteiger partial charge on any atom is 0.160 e. The number of rotatable bonds is 8. The molecule has 0 atom stereocenters. The van der Waals surface area contributed by atoms with Crippen LogP contribution in [0.15, 0.2) is 200 Å². The van der Waals surface area contributed by atoms with E-state index in [1.807, 2.05) is 91.0 Å². The maximum atomic E-state index is 10.9. The molecule has 0 aliphatic carbocycles. The Labute approximate surface area is 402 Å². The van der Waals surface area contributed by atoms with Crippen LogP contribution in [-0.4, -0.2) is 14.5 Å². The van der Waals surface area contributed by atoms with Crippen molar-refractivity contribution in [1.29, 1.82) is 10.5 Å². The highest BCUT2D eigenvalue weighted by molar-refractivity contribution is 6.13. The monoisotopic (exact) mass is 883 g/mol.